The van der Waals surface area contributed by atoms with Gasteiger partial charge in [-0.3, -0.25) is 0 Å². The standard InChI is InChI=1S/C14H10ClFO3/c15-10-3-6-12(14(17)18)13(7-10)19-8-9-1-4-11(16)5-2-9/h1-7H,8H2,(H,17,18). The lowest BCUT2D eigenvalue weighted by molar-refractivity contribution is 0.0692. The number of carboxylic acid groups (broad SMARTS) is 1. The lowest BCUT2D eigenvalue weighted by atomic mass is 10.2. The van der Waals surface area contributed by atoms with Crippen molar-refractivity contribution < 1.29 is 19.0 Å². The molecule has 0 aromatic heterocycles. The third kappa shape index (κ3) is 3.45. The average Bonchev–Trinajstić information content (AvgIpc) is 2.38. The zero-order chi connectivity index (χ0) is 13.8. The van der Waals surface area contributed by atoms with Crippen LogP contribution < -0.4 is 4.74 Å². The summed E-state index contributed by atoms with van der Waals surface area (Å²) in [6.45, 7) is 0.140. The largest absolute Gasteiger partial charge is 0.488 e. The van der Waals surface area contributed by atoms with E-state index in [9.17, 15) is 9.18 Å². The third-order valence-corrected chi connectivity index (χ3v) is 2.72. The molecule has 0 spiro atoms. The molecule has 5 heteroatoms. The maximum Gasteiger partial charge on any atom is 0.339 e. The van der Waals surface area contributed by atoms with Gasteiger partial charge in [-0.2, -0.15) is 0 Å². The van der Waals surface area contributed by atoms with Gasteiger partial charge in [-0.25, -0.2) is 9.18 Å². The molecule has 0 aliphatic carbocycles. The summed E-state index contributed by atoms with van der Waals surface area (Å²) >= 11 is 5.80. The zero-order valence-electron chi connectivity index (χ0n) is 9.77. The Labute approximate surface area is 114 Å². The molecule has 0 bridgehead atoms. The number of halogens is 2. The van der Waals surface area contributed by atoms with Crippen molar-refractivity contribution in [1.29, 1.82) is 0 Å². The molecular weight excluding hydrogens is 271 g/mol. The molecule has 0 atom stereocenters. The van der Waals surface area contributed by atoms with Gasteiger partial charge in [-0.15, -0.1) is 0 Å². The molecule has 2 aromatic carbocycles. The van der Waals surface area contributed by atoms with Crippen LogP contribution in [-0.4, -0.2) is 11.1 Å². The molecule has 0 saturated heterocycles. The second-order valence-electron chi connectivity index (χ2n) is 3.86. The predicted molar refractivity (Wildman–Crippen MR) is 69.1 cm³/mol. The predicted octanol–water partition coefficient (Wildman–Crippen LogP) is 3.76. The molecule has 0 fully saturated rings. The number of hydrogen-bond acceptors (Lipinski definition) is 2. The molecule has 0 heterocycles. The maximum absolute atomic E-state index is 12.7. The molecule has 0 aliphatic rings. The van der Waals surface area contributed by atoms with Crippen molar-refractivity contribution in [2.24, 2.45) is 0 Å². The number of carboxylic acids is 1. The minimum absolute atomic E-state index is 0.0338. The van der Waals surface area contributed by atoms with E-state index in [1.807, 2.05) is 0 Å². The molecule has 2 rings (SSSR count). The van der Waals surface area contributed by atoms with Crippen LogP contribution in [0.3, 0.4) is 0 Å². The van der Waals surface area contributed by atoms with Gasteiger partial charge in [0.15, 0.2) is 0 Å². The van der Waals surface area contributed by atoms with Crippen LogP contribution in [0.2, 0.25) is 5.02 Å². The van der Waals surface area contributed by atoms with Crippen LogP contribution >= 0.6 is 11.6 Å². The van der Waals surface area contributed by atoms with Crippen LogP contribution in [0.5, 0.6) is 5.75 Å². The van der Waals surface area contributed by atoms with E-state index in [0.717, 1.165) is 5.56 Å². The van der Waals surface area contributed by atoms with Crippen LogP contribution in [0.25, 0.3) is 0 Å². The van der Waals surface area contributed by atoms with E-state index in [0.29, 0.717) is 5.02 Å². The molecule has 0 saturated carbocycles. The van der Waals surface area contributed by atoms with Crippen LogP contribution in [0, 0.1) is 5.82 Å². The summed E-state index contributed by atoms with van der Waals surface area (Å²) in [6.07, 6.45) is 0. The van der Waals surface area contributed by atoms with E-state index in [1.165, 1.54) is 30.3 Å². The summed E-state index contributed by atoms with van der Waals surface area (Å²) in [5, 5.41) is 9.41. The Morgan fingerprint density at radius 3 is 2.53 bits per heavy atom. The summed E-state index contributed by atoms with van der Waals surface area (Å²) in [5.74, 6) is -1.24. The van der Waals surface area contributed by atoms with Gasteiger partial charge < -0.3 is 9.84 Å². The first-order valence-electron chi connectivity index (χ1n) is 5.46. The lowest BCUT2D eigenvalue weighted by Gasteiger charge is -2.09. The Hall–Kier alpha value is -2.07. The number of ether oxygens (including phenoxy) is 1. The molecule has 0 aliphatic heterocycles. The normalized spacial score (nSPS) is 10.2. The van der Waals surface area contributed by atoms with Gasteiger partial charge in [0, 0.05) is 5.02 Å². The number of aromatic carboxylic acids is 1. The number of carbonyl (C=O) groups is 1. The van der Waals surface area contributed by atoms with E-state index in [4.69, 9.17) is 21.4 Å². The van der Waals surface area contributed by atoms with Crippen molar-refractivity contribution in [3.8, 4) is 5.75 Å². The zero-order valence-corrected chi connectivity index (χ0v) is 10.5. The van der Waals surface area contributed by atoms with Gasteiger partial charge in [-0.1, -0.05) is 23.7 Å². The van der Waals surface area contributed by atoms with Crippen molar-refractivity contribution in [3.63, 3.8) is 0 Å². The van der Waals surface area contributed by atoms with E-state index < -0.39 is 5.97 Å². The lowest BCUT2D eigenvalue weighted by Crippen LogP contribution is -2.03. The van der Waals surface area contributed by atoms with Gasteiger partial charge in [0.25, 0.3) is 0 Å². The molecule has 19 heavy (non-hydrogen) atoms. The van der Waals surface area contributed by atoms with E-state index in [2.05, 4.69) is 0 Å². The number of benzene rings is 2. The van der Waals surface area contributed by atoms with Gasteiger partial charge in [-0.05, 0) is 35.9 Å². The molecule has 98 valence electrons. The van der Waals surface area contributed by atoms with E-state index >= 15 is 0 Å². The van der Waals surface area contributed by atoms with Crippen molar-refractivity contribution in [3.05, 3.63) is 64.4 Å². The first kappa shape index (κ1) is 13.4. The van der Waals surface area contributed by atoms with E-state index in [1.54, 1.807) is 12.1 Å². The minimum atomic E-state index is -1.09. The fourth-order valence-electron chi connectivity index (χ4n) is 1.53. The highest BCUT2D eigenvalue weighted by Gasteiger charge is 2.11. The summed E-state index contributed by atoms with van der Waals surface area (Å²) in [6, 6.07) is 10.1. The second kappa shape index (κ2) is 5.71. The Kier molecular flexibility index (Phi) is 4.02. The summed E-state index contributed by atoms with van der Waals surface area (Å²) in [4.78, 5) is 11.0. The van der Waals surface area contributed by atoms with Crippen molar-refractivity contribution in [1.82, 2.24) is 0 Å². The van der Waals surface area contributed by atoms with Crippen molar-refractivity contribution in [2.45, 2.75) is 6.61 Å². The maximum atomic E-state index is 12.7. The fourth-order valence-corrected chi connectivity index (χ4v) is 1.70. The van der Waals surface area contributed by atoms with Crippen molar-refractivity contribution >= 4 is 17.6 Å². The van der Waals surface area contributed by atoms with E-state index in [-0.39, 0.29) is 23.7 Å². The monoisotopic (exact) mass is 280 g/mol. The Balaban J connectivity index is 2.16. The molecular formula is C14H10ClFO3. The highest BCUT2D eigenvalue weighted by molar-refractivity contribution is 6.30. The second-order valence-corrected chi connectivity index (χ2v) is 4.30. The Morgan fingerprint density at radius 2 is 1.89 bits per heavy atom. The van der Waals surface area contributed by atoms with Gasteiger partial charge >= 0.3 is 5.97 Å². The number of hydrogen-bond donors (Lipinski definition) is 1. The van der Waals surface area contributed by atoms with Crippen LogP contribution in [-0.2, 0) is 6.61 Å². The third-order valence-electron chi connectivity index (χ3n) is 2.48. The molecule has 3 nitrogen and oxygen atoms in total. The SMILES string of the molecule is O=C(O)c1ccc(Cl)cc1OCc1ccc(F)cc1. The molecule has 2 aromatic rings. The van der Waals surface area contributed by atoms with Crippen LogP contribution in [0.15, 0.2) is 42.5 Å². The Morgan fingerprint density at radius 1 is 1.21 bits per heavy atom. The first-order valence-corrected chi connectivity index (χ1v) is 5.84. The summed E-state index contributed by atoms with van der Waals surface area (Å²) in [7, 11) is 0. The molecule has 1 N–H and O–H groups in total. The molecule has 0 unspecified atom stereocenters. The van der Waals surface area contributed by atoms with Gasteiger partial charge in [0.2, 0.25) is 0 Å². The highest BCUT2D eigenvalue weighted by Crippen LogP contribution is 2.24. The minimum Gasteiger partial charge on any atom is -0.488 e. The fraction of sp³-hybridized carbons (Fsp3) is 0.0714. The summed E-state index contributed by atoms with van der Waals surface area (Å²) < 4.78 is 18.2. The Bertz CT molecular complexity index is 596. The molecule has 0 amide bonds. The van der Waals surface area contributed by atoms with Crippen molar-refractivity contribution in [2.75, 3.05) is 0 Å². The summed E-state index contributed by atoms with van der Waals surface area (Å²) in [5.41, 5.74) is 0.768. The highest BCUT2D eigenvalue weighted by atomic mass is 35.5. The first-order chi connectivity index (χ1) is 9.06. The van der Waals surface area contributed by atoms with Gasteiger partial charge in [0.05, 0.1) is 0 Å². The number of rotatable bonds is 4. The quantitative estimate of drug-likeness (QED) is 0.927. The topological polar surface area (TPSA) is 46.5 Å². The average molecular weight is 281 g/mol. The van der Waals surface area contributed by atoms with Crippen LogP contribution in [0.1, 0.15) is 15.9 Å². The smallest absolute Gasteiger partial charge is 0.339 e. The van der Waals surface area contributed by atoms with Crippen LogP contribution in [0.4, 0.5) is 4.39 Å². The molecule has 0 radical (unpaired) electrons. The van der Waals surface area contributed by atoms with Gasteiger partial charge in [0.1, 0.15) is 23.7 Å².